The first-order chi connectivity index (χ1) is 14.1. The van der Waals surface area contributed by atoms with E-state index in [1.807, 2.05) is 23.6 Å². The number of hydrogen-bond donors (Lipinski definition) is 0. The van der Waals surface area contributed by atoms with Gasteiger partial charge in [0.1, 0.15) is 17.9 Å². The van der Waals surface area contributed by atoms with Gasteiger partial charge in [-0.15, -0.1) is 11.3 Å². The van der Waals surface area contributed by atoms with Crippen molar-refractivity contribution in [2.24, 2.45) is 0 Å². The number of rotatable bonds is 3. The maximum atomic E-state index is 13.3. The Bertz CT molecular complexity index is 1360. The summed E-state index contributed by atoms with van der Waals surface area (Å²) < 4.78 is 14.5. The zero-order valence-corrected chi connectivity index (χ0v) is 16.7. The summed E-state index contributed by atoms with van der Waals surface area (Å²) in [4.78, 5) is 26.3. The lowest BCUT2D eigenvalue weighted by atomic mass is 10.2. The first-order valence-corrected chi connectivity index (χ1v) is 10.2. The number of halogens is 1. The lowest BCUT2D eigenvalue weighted by Gasteiger charge is -2.19. The summed E-state index contributed by atoms with van der Waals surface area (Å²) in [7, 11) is 0. The normalized spacial score (nSPS) is 13.0. The molecule has 2 aromatic carbocycles. The predicted octanol–water partition coefficient (Wildman–Crippen LogP) is 3.69. The Hall–Kier alpha value is -3.03. The fraction of sp³-hybridized carbons (Fsp3) is 0.143. The van der Waals surface area contributed by atoms with E-state index in [4.69, 9.17) is 21.1 Å². The average Bonchev–Trinajstić information content (AvgIpc) is 3.21. The van der Waals surface area contributed by atoms with Crippen molar-refractivity contribution >= 4 is 33.2 Å². The molecular weight excluding hydrogens is 412 g/mol. The number of thiophene rings is 1. The minimum Gasteiger partial charge on any atom is -0.486 e. The summed E-state index contributed by atoms with van der Waals surface area (Å²) >= 11 is 7.40. The standard InChI is InChI=1S/C21H15ClN2O4S/c22-14-2-1-3-15(11-14)24-20(25)19-16(6-9-29-19)23(21(24)26)12-13-4-5-17-18(10-13)28-8-7-27-17/h1-6,9-11H,7-8,12H2. The molecule has 8 heteroatoms. The summed E-state index contributed by atoms with van der Waals surface area (Å²) in [6.45, 7) is 1.31. The molecule has 6 nitrogen and oxygen atoms in total. The van der Waals surface area contributed by atoms with Gasteiger partial charge in [-0.2, -0.15) is 0 Å². The predicted molar refractivity (Wildman–Crippen MR) is 113 cm³/mol. The minimum atomic E-state index is -0.418. The van der Waals surface area contributed by atoms with Gasteiger partial charge in [-0.05, 0) is 47.3 Å². The van der Waals surface area contributed by atoms with E-state index < -0.39 is 5.69 Å². The largest absolute Gasteiger partial charge is 0.486 e. The molecule has 0 N–H and O–H groups in total. The third-order valence-corrected chi connectivity index (χ3v) is 5.90. The quantitative estimate of drug-likeness (QED) is 0.501. The van der Waals surface area contributed by atoms with Crippen LogP contribution in [0.15, 0.2) is 63.5 Å². The summed E-state index contributed by atoms with van der Waals surface area (Å²) in [6.07, 6.45) is 0. The van der Waals surface area contributed by atoms with Crippen LogP contribution in [0, 0.1) is 0 Å². The van der Waals surface area contributed by atoms with Gasteiger partial charge in [0.25, 0.3) is 5.56 Å². The summed E-state index contributed by atoms with van der Waals surface area (Å²) in [5, 5.41) is 2.27. The molecule has 1 aliphatic heterocycles. The molecule has 0 spiro atoms. The monoisotopic (exact) mass is 426 g/mol. The van der Waals surface area contributed by atoms with Crippen molar-refractivity contribution in [2.75, 3.05) is 13.2 Å². The second-order valence-electron chi connectivity index (χ2n) is 6.60. The number of ether oxygens (including phenoxy) is 2. The fourth-order valence-corrected chi connectivity index (χ4v) is 4.46. The van der Waals surface area contributed by atoms with E-state index in [1.54, 1.807) is 34.9 Å². The lowest BCUT2D eigenvalue weighted by Crippen LogP contribution is -2.38. The molecule has 0 aliphatic carbocycles. The molecule has 0 saturated heterocycles. The van der Waals surface area contributed by atoms with Crippen LogP contribution in [0.25, 0.3) is 15.9 Å². The van der Waals surface area contributed by atoms with Crippen molar-refractivity contribution in [1.29, 1.82) is 0 Å². The third kappa shape index (κ3) is 3.12. The van der Waals surface area contributed by atoms with Crippen LogP contribution < -0.4 is 20.7 Å². The van der Waals surface area contributed by atoms with E-state index >= 15 is 0 Å². The molecule has 146 valence electrons. The Kier molecular flexibility index (Phi) is 4.41. The molecule has 5 rings (SSSR count). The zero-order valence-electron chi connectivity index (χ0n) is 15.1. The van der Waals surface area contributed by atoms with Gasteiger partial charge in [0.15, 0.2) is 11.5 Å². The van der Waals surface area contributed by atoms with Crippen LogP contribution in [-0.4, -0.2) is 22.3 Å². The topological polar surface area (TPSA) is 62.5 Å². The molecule has 0 saturated carbocycles. The van der Waals surface area contributed by atoms with Crippen LogP contribution in [0.2, 0.25) is 5.02 Å². The first kappa shape index (κ1) is 18.0. The van der Waals surface area contributed by atoms with Crippen molar-refractivity contribution in [3.05, 3.63) is 85.3 Å². The van der Waals surface area contributed by atoms with Gasteiger partial charge >= 0.3 is 5.69 Å². The maximum absolute atomic E-state index is 13.3. The Labute approximate surface area is 174 Å². The van der Waals surface area contributed by atoms with Gasteiger partial charge < -0.3 is 9.47 Å². The van der Waals surface area contributed by atoms with Gasteiger partial charge in [-0.1, -0.05) is 23.7 Å². The van der Waals surface area contributed by atoms with E-state index in [0.29, 0.717) is 52.2 Å². The van der Waals surface area contributed by atoms with Crippen LogP contribution in [-0.2, 0) is 6.54 Å². The van der Waals surface area contributed by atoms with Crippen LogP contribution in [0.3, 0.4) is 0 Å². The van der Waals surface area contributed by atoms with Crippen molar-refractivity contribution in [3.63, 3.8) is 0 Å². The molecule has 0 bridgehead atoms. The fourth-order valence-electron chi connectivity index (χ4n) is 3.45. The highest BCUT2D eigenvalue weighted by molar-refractivity contribution is 7.17. The smallest absolute Gasteiger partial charge is 0.336 e. The van der Waals surface area contributed by atoms with E-state index in [9.17, 15) is 9.59 Å². The van der Waals surface area contributed by atoms with Gasteiger partial charge in [-0.3, -0.25) is 9.36 Å². The average molecular weight is 427 g/mol. The highest BCUT2D eigenvalue weighted by Crippen LogP contribution is 2.31. The van der Waals surface area contributed by atoms with Crippen LogP contribution in [0.4, 0.5) is 0 Å². The highest BCUT2D eigenvalue weighted by Gasteiger charge is 2.17. The zero-order chi connectivity index (χ0) is 20.0. The number of nitrogens with zero attached hydrogens (tertiary/aromatic N) is 2. The van der Waals surface area contributed by atoms with E-state index in [-0.39, 0.29) is 5.56 Å². The van der Waals surface area contributed by atoms with Crippen LogP contribution >= 0.6 is 22.9 Å². The molecule has 4 aromatic rings. The second kappa shape index (κ2) is 7.09. The Balaban J connectivity index is 1.69. The van der Waals surface area contributed by atoms with Gasteiger partial charge in [-0.25, -0.2) is 9.36 Å². The summed E-state index contributed by atoms with van der Waals surface area (Å²) in [6, 6.07) is 14.1. The number of fused-ring (bicyclic) bond motifs is 2. The van der Waals surface area contributed by atoms with Crippen molar-refractivity contribution in [3.8, 4) is 17.2 Å². The molecule has 29 heavy (non-hydrogen) atoms. The van der Waals surface area contributed by atoms with Crippen molar-refractivity contribution < 1.29 is 9.47 Å². The molecule has 0 fully saturated rings. The van der Waals surface area contributed by atoms with Gasteiger partial charge in [0.2, 0.25) is 0 Å². The number of hydrogen-bond acceptors (Lipinski definition) is 5. The van der Waals surface area contributed by atoms with E-state index in [1.165, 1.54) is 15.9 Å². The van der Waals surface area contributed by atoms with E-state index in [0.717, 1.165) is 5.56 Å². The lowest BCUT2D eigenvalue weighted by molar-refractivity contribution is 0.171. The summed E-state index contributed by atoms with van der Waals surface area (Å²) in [5.41, 5.74) is 1.16. The van der Waals surface area contributed by atoms with Crippen LogP contribution in [0.1, 0.15) is 5.56 Å². The van der Waals surface area contributed by atoms with Gasteiger partial charge in [0.05, 0.1) is 17.7 Å². The molecule has 0 amide bonds. The molecular formula is C21H15ClN2O4S. The Morgan fingerprint density at radius 1 is 1.00 bits per heavy atom. The van der Waals surface area contributed by atoms with Gasteiger partial charge in [0, 0.05) is 5.02 Å². The second-order valence-corrected chi connectivity index (χ2v) is 7.95. The molecule has 0 radical (unpaired) electrons. The maximum Gasteiger partial charge on any atom is 0.336 e. The molecule has 3 heterocycles. The number of aromatic nitrogens is 2. The molecule has 1 aliphatic rings. The van der Waals surface area contributed by atoms with Crippen molar-refractivity contribution in [2.45, 2.75) is 6.54 Å². The molecule has 2 aromatic heterocycles. The third-order valence-electron chi connectivity index (χ3n) is 4.77. The highest BCUT2D eigenvalue weighted by atomic mass is 35.5. The van der Waals surface area contributed by atoms with E-state index in [2.05, 4.69) is 0 Å². The molecule has 0 unspecified atom stereocenters. The summed E-state index contributed by atoms with van der Waals surface area (Å²) in [5.74, 6) is 1.35. The Morgan fingerprint density at radius 3 is 2.66 bits per heavy atom. The SMILES string of the molecule is O=c1c2sccc2n(Cc2ccc3c(c2)OCCO3)c(=O)n1-c1cccc(Cl)c1. The first-order valence-electron chi connectivity index (χ1n) is 8.99. The van der Waals surface area contributed by atoms with Crippen LogP contribution in [0.5, 0.6) is 11.5 Å². The number of benzene rings is 2. The molecule has 0 atom stereocenters. The minimum absolute atomic E-state index is 0.295. The van der Waals surface area contributed by atoms with Crippen molar-refractivity contribution in [1.82, 2.24) is 9.13 Å². The Morgan fingerprint density at radius 2 is 1.83 bits per heavy atom.